The first-order valence-corrected chi connectivity index (χ1v) is 8.94. The van der Waals surface area contributed by atoms with E-state index < -0.39 is 0 Å². The quantitative estimate of drug-likeness (QED) is 0.505. The summed E-state index contributed by atoms with van der Waals surface area (Å²) in [6.07, 6.45) is 0. The molecule has 0 unspecified atom stereocenters. The molecule has 1 aromatic carbocycles. The van der Waals surface area contributed by atoms with Crippen LogP contribution < -0.4 is 5.32 Å². The van der Waals surface area contributed by atoms with Gasteiger partial charge in [0.1, 0.15) is 0 Å². The van der Waals surface area contributed by atoms with E-state index in [1.165, 1.54) is 0 Å². The molecule has 0 amide bonds. The van der Waals surface area contributed by atoms with Gasteiger partial charge in [0.25, 0.3) is 5.89 Å². The Labute approximate surface area is 146 Å². The van der Waals surface area contributed by atoms with Crippen LogP contribution >= 0.6 is 23.4 Å². The summed E-state index contributed by atoms with van der Waals surface area (Å²) in [5.74, 6) is 2.13. The van der Waals surface area contributed by atoms with Crippen molar-refractivity contribution in [2.45, 2.75) is 33.4 Å². The standard InChI is InChI=1S/C16H21ClN4OS/c1-5-23-16(18-4)21(11(2)3)10-14-19-15(20-22-14)12-7-6-8-13(17)9-12/h6-9,11H,5,10H2,1-4H3/p+1. The van der Waals surface area contributed by atoms with Crippen molar-refractivity contribution in [1.82, 2.24) is 15.5 Å². The van der Waals surface area contributed by atoms with Crippen LogP contribution in [0.2, 0.25) is 5.02 Å². The fourth-order valence-electron chi connectivity index (χ4n) is 2.13. The van der Waals surface area contributed by atoms with Crippen molar-refractivity contribution in [3.05, 3.63) is 35.2 Å². The second-order valence-electron chi connectivity index (χ2n) is 5.23. The Morgan fingerprint density at radius 3 is 2.83 bits per heavy atom. The van der Waals surface area contributed by atoms with Crippen molar-refractivity contribution >= 4 is 28.5 Å². The van der Waals surface area contributed by atoms with Crippen LogP contribution in [0.3, 0.4) is 0 Å². The van der Waals surface area contributed by atoms with Gasteiger partial charge in [-0.1, -0.05) is 35.8 Å². The highest BCUT2D eigenvalue weighted by Crippen LogP contribution is 2.20. The van der Waals surface area contributed by atoms with E-state index in [0.29, 0.717) is 29.3 Å². The van der Waals surface area contributed by atoms with Crippen LogP contribution in [0, 0.1) is 0 Å². The Hall–Kier alpha value is -1.53. The minimum atomic E-state index is 0.318. The fourth-order valence-corrected chi connectivity index (χ4v) is 3.18. The fraction of sp³-hybridized carbons (Fsp3) is 0.438. The predicted octanol–water partition coefficient (Wildman–Crippen LogP) is 3.64. The van der Waals surface area contributed by atoms with Crippen LogP contribution in [0.1, 0.15) is 26.7 Å². The molecular formula is C16H22ClN4OS+. The number of thioether (sulfide) groups is 1. The average Bonchev–Trinajstić information content (AvgIpc) is 2.99. The smallest absolute Gasteiger partial charge is 0.306 e. The zero-order chi connectivity index (χ0) is 16.8. The van der Waals surface area contributed by atoms with Crippen LogP contribution in [-0.2, 0) is 6.54 Å². The van der Waals surface area contributed by atoms with Gasteiger partial charge in [-0.15, -0.1) is 0 Å². The summed E-state index contributed by atoms with van der Waals surface area (Å²) in [5, 5.41) is 9.07. The summed E-state index contributed by atoms with van der Waals surface area (Å²) in [7, 11) is 1.93. The second-order valence-corrected chi connectivity index (χ2v) is 6.92. The lowest BCUT2D eigenvalue weighted by atomic mass is 10.2. The molecule has 0 saturated heterocycles. The zero-order valence-electron chi connectivity index (χ0n) is 13.8. The van der Waals surface area contributed by atoms with Gasteiger partial charge in [0.2, 0.25) is 5.82 Å². The second kappa shape index (κ2) is 8.36. The Morgan fingerprint density at radius 1 is 1.43 bits per heavy atom. The predicted molar refractivity (Wildman–Crippen MR) is 96.0 cm³/mol. The average molecular weight is 354 g/mol. The van der Waals surface area contributed by atoms with Gasteiger partial charge in [0.05, 0.1) is 13.1 Å². The van der Waals surface area contributed by atoms with E-state index in [4.69, 9.17) is 16.1 Å². The molecule has 1 N–H and O–H groups in total. The molecule has 0 aliphatic carbocycles. The van der Waals surface area contributed by atoms with Gasteiger partial charge in [0, 0.05) is 16.3 Å². The van der Waals surface area contributed by atoms with Crippen LogP contribution in [0.15, 0.2) is 28.8 Å². The molecule has 0 atom stereocenters. The molecular weight excluding hydrogens is 332 g/mol. The van der Waals surface area contributed by atoms with Crippen molar-refractivity contribution in [2.24, 2.45) is 0 Å². The largest absolute Gasteiger partial charge is 0.335 e. The molecule has 1 heterocycles. The SMILES string of the molecule is CCSC(NC)=[N+](Cc1nc(-c2cccc(Cl)c2)no1)C(C)C. The summed E-state index contributed by atoms with van der Waals surface area (Å²) < 4.78 is 7.63. The molecule has 1 aromatic heterocycles. The topological polar surface area (TPSA) is 54.0 Å². The van der Waals surface area contributed by atoms with Crippen molar-refractivity contribution < 1.29 is 9.10 Å². The minimum absolute atomic E-state index is 0.318. The Kier molecular flexibility index (Phi) is 6.47. The van der Waals surface area contributed by atoms with Crippen LogP contribution in [0.25, 0.3) is 11.4 Å². The first kappa shape index (κ1) is 17.8. The summed E-state index contributed by atoms with van der Waals surface area (Å²) in [5.41, 5.74) is 0.851. The van der Waals surface area contributed by atoms with Crippen LogP contribution in [0.5, 0.6) is 0 Å². The highest BCUT2D eigenvalue weighted by Gasteiger charge is 2.19. The molecule has 0 aliphatic heterocycles. The van der Waals surface area contributed by atoms with Crippen LogP contribution in [0.4, 0.5) is 0 Å². The van der Waals surface area contributed by atoms with E-state index in [9.17, 15) is 0 Å². The maximum Gasteiger partial charge on any atom is 0.306 e. The maximum atomic E-state index is 6.01. The van der Waals surface area contributed by atoms with Gasteiger partial charge in [0.15, 0.2) is 6.54 Å². The maximum absolute atomic E-state index is 6.01. The molecule has 2 rings (SSSR count). The number of amidine groups is 1. The first-order chi connectivity index (χ1) is 11.0. The van der Waals surface area contributed by atoms with E-state index in [-0.39, 0.29) is 0 Å². The number of benzene rings is 1. The highest BCUT2D eigenvalue weighted by atomic mass is 35.5. The molecule has 124 valence electrons. The van der Waals surface area contributed by atoms with E-state index in [0.717, 1.165) is 16.5 Å². The lowest BCUT2D eigenvalue weighted by molar-refractivity contribution is -0.576. The van der Waals surface area contributed by atoms with Crippen molar-refractivity contribution in [2.75, 3.05) is 12.8 Å². The number of nitrogens with zero attached hydrogens (tertiary/aromatic N) is 3. The molecule has 23 heavy (non-hydrogen) atoms. The Bertz CT molecular complexity index is 684. The zero-order valence-corrected chi connectivity index (χ0v) is 15.4. The van der Waals surface area contributed by atoms with Gasteiger partial charge in [-0.3, -0.25) is 5.32 Å². The number of halogens is 1. The van der Waals surface area contributed by atoms with Crippen molar-refractivity contribution in [3.63, 3.8) is 0 Å². The van der Waals surface area contributed by atoms with Gasteiger partial charge in [-0.05, 0) is 37.7 Å². The molecule has 0 bridgehead atoms. The number of aromatic nitrogens is 2. The molecule has 0 fully saturated rings. The normalized spacial score (nSPS) is 12.4. The minimum Gasteiger partial charge on any atom is -0.335 e. The van der Waals surface area contributed by atoms with Gasteiger partial charge in [-0.2, -0.15) is 4.98 Å². The van der Waals surface area contributed by atoms with Crippen molar-refractivity contribution in [1.29, 1.82) is 0 Å². The van der Waals surface area contributed by atoms with E-state index in [1.54, 1.807) is 11.8 Å². The molecule has 2 aromatic rings. The van der Waals surface area contributed by atoms with Gasteiger partial charge < -0.3 is 4.52 Å². The number of hydrogen-bond acceptors (Lipinski definition) is 4. The molecule has 7 heteroatoms. The summed E-state index contributed by atoms with van der Waals surface area (Å²) >= 11 is 7.78. The number of nitrogens with one attached hydrogen (secondary N) is 1. The van der Waals surface area contributed by atoms with E-state index in [2.05, 4.69) is 40.8 Å². The third kappa shape index (κ3) is 4.72. The molecule has 0 aliphatic rings. The molecule has 0 spiro atoms. The Balaban J connectivity index is 2.25. The summed E-state index contributed by atoms with van der Waals surface area (Å²) in [6, 6.07) is 7.76. The van der Waals surface area contributed by atoms with Gasteiger partial charge >= 0.3 is 5.17 Å². The first-order valence-electron chi connectivity index (χ1n) is 7.57. The Morgan fingerprint density at radius 2 is 2.22 bits per heavy atom. The number of rotatable bonds is 5. The third-order valence-corrected chi connectivity index (χ3v) is 4.47. The lowest BCUT2D eigenvalue weighted by Crippen LogP contribution is -2.33. The third-order valence-electron chi connectivity index (χ3n) is 3.24. The van der Waals surface area contributed by atoms with Crippen molar-refractivity contribution in [3.8, 4) is 11.4 Å². The monoisotopic (exact) mass is 353 g/mol. The lowest BCUT2D eigenvalue weighted by Gasteiger charge is -2.12. The molecule has 0 radical (unpaired) electrons. The number of hydrogen-bond donors (Lipinski definition) is 1. The van der Waals surface area contributed by atoms with Crippen LogP contribution in [-0.4, -0.2) is 38.7 Å². The van der Waals surface area contributed by atoms with E-state index in [1.807, 2.05) is 31.3 Å². The summed E-state index contributed by atoms with van der Waals surface area (Å²) in [6.45, 7) is 6.97. The highest BCUT2D eigenvalue weighted by molar-refractivity contribution is 8.13. The van der Waals surface area contributed by atoms with Gasteiger partial charge in [-0.25, -0.2) is 4.58 Å². The molecule has 0 saturated carbocycles. The summed E-state index contributed by atoms with van der Waals surface area (Å²) in [4.78, 5) is 4.49. The molecule has 5 nitrogen and oxygen atoms in total. The van der Waals surface area contributed by atoms with E-state index >= 15 is 0 Å².